The summed E-state index contributed by atoms with van der Waals surface area (Å²) in [6.07, 6.45) is 6.11. The van der Waals surface area contributed by atoms with Crippen molar-refractivity contribution in [1.82, 2.24) is 20.4 Å². The van der Waals surface area contributed by atoms with E-state index in [1.165, 1.54) is 0 Å². The van der Waals surface area contributed by atoms with Gasteiger partial charge in [0.2, 0.25) is 11.8 Å². The Balaban J connectivity index is 1.84. The predicted molar refractivity (Wildman–Crippen MR) is 170 cm³/mol. The highest BCUT2D eigenvalue weighted by atomic mass is 31.2. The van der Waals surface area contributed by atoms with Gasteiger partial charge in [0, 0.05) is 38.0 Å². The molecular weight excluding hydrogens is 571 g/mol. The van der Waals surface area contributed by atoms with Crippen molar-refractivity contribution in [2.45, 2.75) is 143 Å². The van der Waals surface area contributed by atoms with Gasteiger partial charge in [-0.05, 0) is 65.0 Å². The third-order valence-corrected chi connectivity index (χ3v) is 9.00. The molecule has 2 rings (SSSR count). The summed E-state index contributed by atoms with van der Waals surface area (Å²) in [5.74, 6) is 0.364. The van der Waals surface area contributed by atoms with Crippen molar-refractivity contribution in [3.63, 3.8) is 0 Å². The molecule has 43 heavy (non-hydrogen) atoms. The average molecular weight is 633 g/mol. The molecule has 2 heterocycles. The number of nitrogens with zero attached hydrogens (tertiary/aromatic N) is 2. The average Bonchev–Trinajstić information content (AvgIpc) is 3.50. The second-order valence-electron chi connectivity index (χ2n) is 13.3. The number of nitrogens with one attached hydrogen (secondary N) is 2. The summed E-state index contributed by atoms with van der Waals surface area (Å²) in [6.45, 7) is 17.2. The van der Waals surface area contributed by atoms with E-state index in [9.17, 15) is 19.0 Å². The molecule has 2 amide bonds. The normalized spacial score (nSPS) is 24.1. The number of carbonyl (C=O) groups is 2. The Kier molecular flexibility index (Phi) is 17.2. The molecule has 12 heteroatoms. The highest BCUT2D eigenvalue weighted by Gasteiger charge is 2.41. The van der Waals surface area contributed by atoms with Gasteiger partial charge in [-0.1, -0.05) is 47.5 Å². The first-order chi connectivity index (χ1) is 20.3. The fraction of sp³-hybridized carbons (Fsp3) is 0.935. The molecular formula is C31H61N4O7P. The number of phosphoric ester groups is 1. The van der Waals surface area contributed by atoms with Gasteiger partial charge < -0.3 is 30.1 Å². The maximum atomic E-state index is 13.0. The van der Waals surface area contributed by atoms with Crippen LogP contribution in [0, 0.1) is 5.92 Å². The molecule has 2 aliphatic rings. The molecule has 0 spiro atoms. The maximum absolute atomic E-state index is 13.0. The van der Waals surface area contributed by atoms with Gasteiger partial charge in [-0.25, -0.2) is 4.57 Å². The Morgan fingerprint density at radius 2 is 1.37 bits per heavy atom. The van der Waals surface area contributed by atoms with Gasteiger partial charge >= 0.3 is 7.82 Å². The Hall–Kier alpha value is -1.07. The fourth-order valence-electron chi connectivity index (χ4n) is 5.79. The summed E-state index contributed by atoms with van der Waals surface area (Å²) >= 11 is 0. The van der Waals surface area contributed by atoms with E-state index in [1.807, 2.05) is 18.7 Å². The van der Waals surface area contributed by atoms with Crippen molar-refractivity contribution in [2.24, 2.45) is 5.92 Å². The van der Waals surface area contributed by atoms with Gasteiger partial charge in [-0.3, -0.25) is 18.6 Å². The topological polar surface area (TPSA) is 130 Å². The minimum absolute atomic E-state index is 0.00547. The zero-order chi connectivity index (χ0) is 32.0. The van der Waals surface area contributed by atoms with Crippen LogP contribution >= 0.6 is 7.82 Å². The summed E-state index contributed by atoms with van der Waals surface area (Å²) in [5, 5.41) is 6.73. The lowest BCUT2D eigenvalue weighted by molar-refractivity contribution is -0.134. The van der Waals surface area contributed by atoms with E-state index in [1.54, 1.807) is 4.90 Å². The van der Waals surface area contributed by atoms with Crippen LogP contribution in [0.3, 0.4) is 0 Å². The number of phosphoric acid groups is 1. The third kappa shape index (κ3) is 15.2. The molecule has 2 aliphatic heterocycles. The number of unbranched alkanes of at least 4 members (excludes halogenated alkanes) is 3. The molecule has 0 aromatic carbocycles. The molecule has 11 nitrogen and oxygen atoms in total. The van der Waals surface area contributed by atoms with Gasteiger partial charge in [0.05, 0.1) is 37.5 Å². The standard InChI is InChI=1S/C31H61N4O7P/c1-23(2)32-15-11-9-8-10-13-30(36)34-19-26(7)17-27(34)22-41-43(38,39)42-29-18-28(21-40-25(5)6)35(20-29)31(37)14-12-16-33-24(3)4/h23-29,32-33H,8-22H2,1-7H3,(H,38,39)/t26-,27+,28+,29-/m1/s1. The van der Waals surface area contributed by atoms with Crippen molar-refractivity contribution in [1.29, 1.82) is 0 Å². The Bertz CT molecular complexity index is 875. The predicted octanol–water partition coefficient (Wildman–Crippen LogP) is 4.48. The Labute approximate surface area is 260 Å². The number of ether oxygens (including phenoxy) is 1. The van der Waals surface area contributed by atoms with Crippen molar-refractivity contribution < 1.29 is 32.8 Å². The van der Waals surface area contributed by atoms with Crippen LogP contribution in [0.1, 0.15) is 106 Å². The quantitative estimate of drug-likeness (QED) is 0.124. The highest BCUT2D eigenvalue weighted by Crippen LogP contribution is 2.47. The summed E-state index contributed by atoms with van der Waals surface area (Å²) in [6, 6.07) is 0.363. The monoisotopic (exact) mass is 632 g/mol. The van der Waals surface area contributed by atoms with E-state index in [0.717, 1.165) is 45.2 Å². The van der Waals surface area contributed by atoms with E-state index >= 15 is 0 Å². The van der Waals surface area contributed by atoms with Crippen molar-refractivity contribution in [3.8, 4) is 0 Å². The van der Waals surface area contributed by atoms with Crippen LogP contribution in [-0.2, 0) is 27.9 Å². The second kappa shape index (κ2) is 19.4. The van der Waals surface area contributed by atoms with Crippen LogP contribution in [0.5, 0.6) is 0 Å². The molecule has 1 unspecified atom stereocenters. The zero-order valence-electron chi connectivity index (χ0n) is 27.9. The molecule has 252 valence electrons. The van der Waals surface area contributed by atoms with Gasteiger partial charge in [0.25, 0.3) is 0 Å². The van der Waals surface area contributed by atoms with Crippen LogP contribution in [-0.4, -0.2) is 102 Å². The van der Waals surface area contributed by atoms with Crippen molar-refractivity contribution in [3.05, 3.63) is 0 Å². The van der Waals surface area contributed by atoms with Crippen LogP contribution in [0.15, 0.2) is 0 Å². The van der Waals surface area contributed by atoms with E-state index in [0.29, 0.717) is 56.8 Å². The molecule has 0 bridgehead atoms. The van der Waals surface area contributed by atoms with Crippen LogP contribution in [0.2, 0.25) is 0 Å². The molecule has 0 aromatic heterocycles. The lowest BCUT2D eigenvalue weighted by Crippen LogP contribution is -2.39. The lowest BCUT2D eigenvalue weighted by atomic mass is 10.1. The van der Waals surface area contributed by atoms with Crippen LogP contribution in [0.25, 0.3) is 0 Å². The number of likely N-dealkylation sites (tertiary alicyclic amines) is 2. The first kappa shape index (κ1) is 38.1. The molecule has 0 radical (unpaired) electrons. The molecule has 0 aliphatic carbocycles. The van der Waals surface area contributed by atoms with Gasteiger partial charge in [0.15, 0.2) is 0 Å². The van der Waals surface area contributed by atoms with E-state index in [-0.39, 0.29) is 43.2 Å². The first-order valence-corrected chi connectivity index (χ1v) is 18.1. The Morgan fingerprint density at radius 1 is 0.814 bits per heavy atom. The minimum Gasteiger partial charge on any atom is -0.377 e. The number of rotatable bonds is 21. The number of amides is 2. The molecule has 2 fully saturated rings. The largest absolute Gasteiger partial charge is 0.472 e. The third-order valence-electron chi connectivity index (χ3n) is 7.96. The number of hydrogen-bond acceptors (Lipinski definition) is 8. The Morgan fingerprint density at radius 3 is 2.00 bits per heavy atom. The zero-order valence-corrected chi connectivity index (χ0v) is 28.8. The molecule has 0 aromatic rings. The van der Waals surface area contributed by atoms with Crippen molar-refractivity contribution >= 4 is 19.6 Å². The minimum atomic E-state index is -4.41. The highest BCUT2D eigenvalue weighted by molar-refractivity contribution is 7.47. The first-order valence-electron chi connectivity index (χ1n) is 16.6. The van der Waals surface area contributed by atoms with E-state index in [2.05, 4.69) is 45.3 Å². The molecule has 5 atom stereocenters. The van der Waals surface area contributed by atoms with Gasteiger partial charge in [-0.15, -0.1) is 0 Å². The second-order valence-corrected chi connectivity index (χ2v) is 14.7. The van der Waals surface area contributed by atoms with Gasteiger partial charge in [0.1, 0.15) is 0 Å². The molecule has 2 saturated heterocycles. The van der Waals surface area contributed by atoms with Crippen molar-refractivity contribution in [2.75, 3.05) is 39.4 Å². The number of hydrogen-bond donors (Lipinski definition) is 3. The van der Waals surface area contributed by atoms with Gasteiger partial charge in [-0.2, -0.15) is 0 Å². The smallest absolute Gasteiger partial charge is 0.377 e. The summed E-state index contributed by atoms with van der Waals surface area (Å²) in [5.41, 5.74) is 0. The molecule has 0 saturated carbocycles. The number of carbonyl (C=O) groups excluding carboxylic acids is 2. The fourth-order valence-corrected chi connectivity index (χ4v) is 6.74. The van der Waals surface area contributed by atoms with Crippen LogP contribution in [0.4, 0.5) is 0 Å². The summed E-state index contributed by atoms with van der Waals surface area (Å²) in [4.78, 5) is 40.2. The molecule has 3 N–H and O–H groups in total. The van der Waals surface area contributed by atoms with E-state index in [4.69, 9.17) is 13.8 Å². The summed E-state index contributed by atoms with van der Waals surface area (Å²) < 4.78 is 29.9. The lowest BCUT2D eigenvalue weighted by Gasteiger charge is -2.26. The van der Waals surface area contributed by atoms with Crippen LogP contribution < -0.4 is 10.6 Å². The SMILES string of the molecule is CC(C)NCCCCCCC(=O)N1C[C@H](C)C[C@H]1COP(=O)(O)O[C@@H]1C[C@@H](COC(C)C)N(C(=O)CCCNC(C)C)C1. The maximum Gasteiger partial charge on any atom is 0.472 e. The summed E-state index contributed by atoms with van der Waals surface area (Å²) in [7, 11) is -4.41. The van der Waals surface area contributed by atoms with E-state index < -0.39 is 13.9 Å².